The van der Waals surface area contributed by atoms with Crippen molar-refractivity contribution in [1.29, 1.82) is 0 Å². The smallest absolute Gasteiger partial charge is 0.104 e. The van der Waals surface area contributed by atoms with Gasteiger partial charge in [-0.25, -0.2) is 0 Å². The van der Waals surface area contributed by atoms with E-state index in [9.17, 15) is 0 Å². The number of aliphatic hydroxyl groups excluding tert-OH is 2. The fourth-order valence-corrected chi connectivity index (χ4v) is 2.44. The monoisotopic (exact) mass is 352 g/mol. The Bertz CT molecular complexity index is 370. The van der Waals surface area contributed by atoms with Gasteiger partial charge in [-0.3, -0.25) is 0 Å². The third kappa shape index (κ3) is 8.93. The van der Waals surface area contributed by atoms with Crippen LogP contribution in [0, 0.1) is 0 Å². The van der Waals surface area contributed by atoms with Gasteiger partial charge in [0.2, 0.25) is 0 Å². The van der Waals surface area contributed by atoms with Crippen molar-refractivity contribution in [1.82, 2.24) is 0 Å². The van der Waals surface area contributed by atoms with E-state index in [1.54, 1.807) is 0 Å². The minimum absolute atomic E-state index is 0. The highest BCUT2D eigenvalue weighted by Gasteiger charge is 2.17. The Morgan fingerprint density at radius 2 is 0.955 bits per heavy atom. The number of rotatable bonds is 8. The Morgan fingerprint density at radius 1 is 0.682 bits per heavy atom. The van der Waals surface area contributed by atoms with Gasteiger partial charge in [0.25, 0.3) is 0 Å². The minimum atomic E-state index is 0. The second-order valence-corrected chi connectivity index (χ2v) is 6.90. The molecule has 0 spiro atoms. The Balaban J connectivity index is 0. The summed E-state index contributed by atoms with van der Waals surface area (Å²) in [6, 6.07) is 8.69. The highest BCUT2D eigenvalue weighted by Crippen LogP contribution is 2.13. The van der Waals surface area contributed by atoms with Crippen LogP contribution in [-0.2, 0) is 13.1 Å². The van der Waals surface area contributed by atoms with Gasteiger partial charge in [-0.15, -0.1) is 0 Å². The van der Waals surface area contributed by atoms with E-state index >= 15 is 0 Å². The number of nitrogens with zero attached hydrogens (tertiary/aromatic N) is 2. The van der Waals surface area contributed by atoms with Crippen molar-refractivity contribution in [2.45, 2.75) is 13.1 Å². The molecular weight excluding hydrogens is 323 g/mol. The number of hydrogen-bond acceptors (Lipinski definition) is 2. The lowest BCUT2D eigenvalue weighted by atomic mass is 10.1. The molecule has 130 valence electrons. The quantitative estimate of drug-likeness (QED) is 0.459. The van der Waals surface area contributed by atoms with Crippen molar-refractivity contribution in [3.8, 4) is 0 Å². The molecule has 0 saturated heterocycles. The van der Waals surface area contributed by atoms with Gasteiger partial charge in [0, 0.05) is 11.1 Å². The van der Waals surface area contributed by atoms with Crippen molar-refractivity contribution >= 4 is 0 Å². The number of quaternary nitrogens is 2. The van der Waals surface area contributed by atoms with Gasteiger partial charge in [0.1, 0.15) is 26.2 Å². The lowest BCUT2D eigenvalue weighted by molar-refractivity contribution is -0.904. The number of halogens is 2. The van der Waals surface area contributed by atoms with Crippen LogP contribution < -0.4 is 24.8 Å². The van der Waals surface area contributed by atoms with Crippen LogP contribution in [0.15, 0.2) is 24.3 Å². The number of likely N-dealkylation sites (N-methyl/N-ethyl adjacent to an activating group) is 2. The fraction of sp³-hybridized carbons (Fsp3) is 0.625. The minimum Gasteiger partial charge on any atom is -1.00 e. The van der Waals surface area contributed by atoms with E-state index < -0.39 is 0 Å². The van der Waals surface area contributed by atoms with Crippen molar-refractivity contribution < 1.29 is 44.0 Å². The van der Waals surface area contributed by atoms with E-state index in [1.165, 1.54) is 11.1 Å². The molecule has 0 fully saturated rings. The highest BCUT2D eigenvalue weighted by molar-refractivity contribution is 5.21. The third-order valence-electron chi connectivity index (χ3n) is 3.65. The molecule has 22 heavy (non-hydrogen) atoms. The van der Waals surface area contributed by atoms with Crippen molar-refractivity contribution in [2.75, 3.05) is 54.5 Å². The maximum Gasteiger partial charge on any atom is 0.104 e. The van der Waals surface area contributed by atoms with Crippen LogP contribution in [0.3, 0.4) is 0 Å². The van der Waals surface area contributed by atoms with Gasteiger partial charge in [0.15, 0.2) is 0 Å². The molecule has 0 aliphatic heterocycles. The number of aliphatic hydroxyl groups is 2. The molecule has 6 heteroatoms. The molecular formula is C16H30Cl2N2O2. The lowest BCUT2D eigenvalue weighted by Gasteiger charge is -2.30. The van der Waals surface area contributed by atoms with Crippen LogP contribution in [0.1, 0.15) is 11.1 Å². The lowest BCUT2D eigenvalue weighted by Crippen LogP contribution is -3.00. The Hall–Kier alpha value is -0.360. The molecule has 0 aliphatic rings. The highest BCUT2D eigenvalue weighted by atomic mass is 35.5. The van der Waals surface area contributed by atoms with Crippen molar-refractivity contribution in [3.05, 3.63) is 35.4 Å². The van der Waals surface area contributed by atoms with E-state index in [4.69, 9.17) is 10.2 Å². The van der Waals surface area contributed by atoms with Gasteiger partial charge in [-0.1, -0.05) is 24.3 Å². The van der Waals surface area contributed by atoms with Crippen LogP contribution >= 0.6 is 0 Å². The molecule has 0 aliphatic carbocycles. The Kier molecular flexibility index (Phi) is 11.3. The first-order valence-corrected chi connectivity index (χ1v) is 7.21. The predicted molar refractivity (Wildman–Crippen MR) is 82.0 cm³/mol. The van der Waals surface area contributed by atoms with Crippen LogP contribution in [0.5, 0.6) is 0 Å². The molecule has 1 aromatic carbocycles. The normalized spacial score (nSPS) is 11.5. The van der Waals surface area contributed by atoms with Crippen LogP contribution in [0.25, 0.3) is 0 Å². The van der Waals surface area contributed by atoms with Crippen LogP contribution in [0.4, 0.5) is 0 Å². The molecule has 0 amide bonds. The Morgan fingerprint density at radius 3 is 1.18 bits per heavy atom. The maximum absolute atomic E-state index is 9.06. The molecule has 1 aromatic rings. The summed E-state index contributed by atoms with van der Waals surface area (Å²) in [5.41, 5.74) is 2.58. The van der Waals surface area contributed by atoms with E-state index in [-0.39, 0.29) is 38.0 Å². The SMILES string of the molecule is C[N+](C)(CCO)Cc1ccc(C[N+](C)(C)CCO)cc1.[Cl-].[Cl-]. The van der Waals surface area contributed by atoms with E-state index in [2.05, 4.69) is 52.5 Å². The van der Waals surface area contributed by atoms with Crippen molar-refractivity contribution in [2.24, 2.45) is 0 Å². The summed E-state index contributed by atoms with van der Waals surface area (Å²) in [6.45, 7) is 3.83. The molecule has 0 radical (unpaired) electrons. The van der Waals surface area contributed by atoms with Crippen LogP contribution in [0.2, 0.25) is 0 Å². The molecule has 0 saturated carbocycles. The summed E-state index contributed by atoms with van der Waals surface area (Å²) in [7, 11) is 8.52. The van der Waals surface area contributed by atoms with Crippen LogP contribution in [-0.4, -0.2) is 73.7 Å². The molecule has 0 unspecified atom stereocenters. The molecule has 0 atom stereocenters. The number of benzene rings is 1. The topological polar surface area (TPSA) is 40.5 Å². The first-order chi connectivity index (χ1) is 9.28. The first-order valence-electron chi connectivity index (χ1n) is 7.21. The summed E-state index contributed by atoms with van der Waals surface area (Å²) >= 11 is 0. The van der Waals surface area contributed by atoms with Crippen molar-refractivity contribution in [3.63, 3.8) is 0 Å². The zero-order valence-corrected chi connectivity index (χ0v) is 15.6. The average Bonchev–Trinajstić information content (AvgIpc) is 2.30. The summed E-state index contributed by atoms with van der Waals surface area (Å²) in [4.78, 5) is 0. The summed E-state index contributed by atoms with van der Waals surface area (Å²) in [6.07, 6.45) is 0. The summed E-state index contributed by atoms with van der Waals surface area (Å²) < 4.78 is 1.59. The zero-order valence-electron chi connectivity index (χ0n) is 14.1. The van der Waals surface area contributed by atoms with Gasteiger partial charge >= 0.3 is 0 Å². The van der Waals surface area contributed by atoms with Gasteiger partial charge < -0.3 is 44.0 Å². The second kappa shape index (κ2) is 10.4. The molecule has 0 bridgehead atoms. The molecule has 4 nitrogen and oxygen atoms in total. The van der Waals surface area contributed by atoms with E-state index in [0.29, 0.717) is 0 Å². The van der Waals surface area contributed by atoms with E-state index in [0.717, 1.165) is 35.1 Å². The predicted octanol–water partition coefficient (Wildman–Crippen LogP) is -5.17. The van der Waals surface area contributed by atoms with Gasteiger partial charge in [-0.05, 0) is 0 Å². The Labute approximate surface area is 147 Å². The molecule has 2 N–H and O–H groups in total. The second-order valence-electron chi connectivity index (χ2n) is 6.90. The standard InChI is InChI=1S/C16H30N2O2.2ClH/c1-17(2,9-11-19)13-15-5-7-16(8-6-15)14-18(3,4)10-12-20;;/h5-8,19-20H,9-14H2,1-4H3;2*1H/q+2;;/p-2. The first kappa shape index (κ1) is 23.9. The molecule has 1 rings (SSSR count). The third-order valence-corrected chi connectivity index (χ3v) is 3.65. The maximum atomic E-state index is 9.06. The number of hydrogen-bond donors (Lipinski definition) is 2. The average molecular weight is 353 g/mol. The van der Waals surface area contributed by atoms with Gasteiger partial charge in [0.05, 0.1) is 41.4 Å². The van der Waals surface area contributed by atoms with Gasteiger partial charge in [-0.2, -0.15) is 0 Å². The molecule has 0 heterocycles. The largest absolute Gasteiger partial charge is 1.00 e. The summed E-state index contributed by atoms with van der Waals surface area (Å²) in [5.74, 6) is 0. The zero-order chi connectivity index (χ0) is 15.2. The van der Waals surface area contributed by atoms with E-state index in [1.807, 2.05) is 0 Å². The molecule has 0 aromatic heterocycles. The fourth-order valence-electron chi connectivity index (χ4n) is 2.44. The summed E-state index contributed by atoms with van der Waals surface area (Å²) in [5, 5.41) is 18.1.